The average Bonchev–Trinajstić information content (AvgIpc) is 2.56. The zero-order valence-corrected chi connectivity index (χ0v) is 14.3. The number of pyridine rings is 1. The van der Waals surface area contributed by atoms with Gasteiger partial charge in [-0.05, 0) is 61.2 Å². The van der Waals surface area contributed by atoms with Gasteiger partial charge in [-0.2, -0.15) is 0 Å². The zero-order chi connectivity index (χ0) is 17.5. The van der Waals surface area contributed by atoms with Gasteiger partial charge in [-0.3, -0.25) is 0 Å². The molecule has 3 heteroatoms. The van der Waals surface area contributed by atoms with Crippen molar-refractivity contribution in [2.45, 2.75) is 20.3 Å². The zero-order valence-electron chi connectivity index (χ0n) is 14.3. The lowest BCUT2D eigenvalue weighted by molar-refractivity contribution is 0.625. The van der Waals surface area contributed by atoms with Gasteiger partial charge in [0.05, 0.1) is 5.69 Å². The summed E-state index contributed by atoms with van der Waals surface area (Å²) in [6, 6.07) is 10.6. The van der Waals surface area contributed by atoms with Gasteiger partial charge >= 0.3 is 0 Å². The third kappa shape index (κ3) is 4.42. The summed E-state index contributed by atoms with van der Waals surface area (Å²) in [5.41, 5.74) is 4.73. The van der Waals surface area contributed by atoms with Crippen molar-refractivity contribution in [2.75, 3.05) is 11.9 Å². The molecule has 1 N–H and O–H groups in total. The lowest BCUT2D eigenvalue weighted by Gasteiger charge is -2.13. The van der Waals surface area contributed by atoms with Gasteiger partial charge in [0.25, 0.3) is 0 Å². The van der Waals surface area contributed by atoms with Gasteiger partial charge in [-0.15, -0.1) is 0 Å². The molecular weight excluding hydrogens is 299 g/mol. The number of hydrogen-bond acceptors (Lipinski definition) is 2. The number of nitrogens with zero attached hydrogens (tertiary/aromatic N) is 1. The lowest BCUT2D eigenvalue weighted by atomic mass is 10.1. The van der Waals surface area contributed by atoms with E-state index in [2.05, 4.69) is 18.5 Å². The summed E-state index contributed by atoms with van der Waals surface area (Å²) in [7, 11) is 0. The van der Waals surface area contributed by atoms with E-state index in [9.17, 15) is 4.39 Å². The second-order valence-corrected chi connectivity index (χ2v) is 5.63. The standard InChI is InChI=1S/C21H23FN2/c1-5-17(6-2)20-11-10-19(15(3)4)21(24-20)23-13-12-16-8-7-9-18(22)14-16/h5-11,14H,1,3,12-13H2,2,4H3,(H,23,24)/b17-6+. The van der Waals surface area contributed by atoms with Crippen LogP contribution in [0.15, 0.2) is 61.7 Å². The maximum absolute atomic E-state index is 13.2. The molecule has 1 heterocycles. The number of aromatic nitrogens is 1. The van der Waals surface area contributed by atoms with Crippen LogP contribution in [0.3, 0.4) is 0 Å². The molecule has 2 rings (SSSR count). The molecule has 24 heavy (non-hydrogen) atoms. The molecule has 124 valence electrons. The largest absolute Gasteiger partial charge is 0.369 e. The first-order valence-corrected chi connectivity index (χ1v) is 7.99. The van der Waals surface area contributed by atoms with Crippen LogP contribution in [0, 0.1) is 5.82 Å². The Kier molecular flexibility index (Phi) is 6.07. The fourth-order valence-electron chi connectivity index (χ4n) is 2.49. The number of allylic oxidation sites excluding steroid dienone is 4. The molecule has 0 aliphatic rings. The van der Waals surface area contributed by atoms with Gasteiger partial charge in [0, 0.05) is 12.1 Å². The van der Waals surface area contributed by atoms with Crippen LogP contribution in [-0.2, 0) is 6.42 Å². The minimum absolute atomic E-state index is 0.209. The first kappa shape index (κ1) is 17.7. The Bertz CT molecular complexity index is 775. The molecule has 0 fully saturated rings. The Morgan fingerprint density at radius 3 is 2.71 bits per heavy atom. The molecule has 0 spiro atoms. The molecule has 0 amide bonds. The fraction of sp³-hybridized carbons (Fsp3) is 0.190. The normalized spacial score (nSPS) is 11.2. The quantitative estimate of drug-likeness (QED) is 0.681. The third-order valence-electron chi connectivity index (χ3n) is 3.78. The van der Waals surface area contributed by atoms with Crippen molar-refractivity contribution in [2.24, 2.45) is 0 Å². The Hall–Kier alpha value is -2.68. The minimum Gasteiger partial charge on any atom is -0.369 e. The smallest absolute Gasteiger partial charge is 0.134 e. The molecule has 0 aliphatic carbocycles. The summed E-state index contributed by atoms with van der Waals surface area (Å²) in [6.07, 6.45) is 4.49. The Labute approximate surface area is 143 Å². The van der Waals surface area contributed by atoms with Crippen molar-refractivity contribution < 1.29 is 4.39 Å². The number of nitrogens with one attached hydrogen (secondary N) is 1. The molecule has 0 saturated heterocycles. The second-order valence-electron chi connectivity index (χ2n) is 5.63. The van der Waals surface area contributed by atoms with Gasteiger partial charge < -0.3 is 5.32 Å². The van der Waals surface area contributed by atoms with Crippen LogP contribution < -0.4 is 5.32 Å². The highest BCUT2D eigenvalue weighted by atomic mass is 19.1. The SMILES string of the molecule is C=C/C(=C\C)c1ccc(C(=C)C)c(NCCc2cccc(F)c2)n1. The van der Waals surface area contributed by atoms with Crippen LogP contribution in [0.25, 0.3) is 11.1 Å². The van der Waals surface area contributed by atoms with Crippen LogP contribution in [0.5, 0.6) is 0 Å². The molecular formula is C21H23FN2. The Balaban J connectivity index is 2.18. The predicted octanol–water partition coefficient (Wildman–Crippen LogP) is 5.50. The molecule has 0 unspecified atom stereocenters. The van der Waals surface area contributed by atoms with Crippen molar-refractivity contribution in [3.63, 3.8) is 0 Å². The van der Waals surface area contributed by atoms with Crippen molar-refractivity contribution in [3.05, 3.63) is 84.3 Å². The lowest BCUT2D eigenvalue weighted by Crippen LogP contribution is -2.09. The van der Waals surface area contributed by atoms with Crippen molar-refractivity contribution >= 4 is 17.0 Å². The summed E-state index contributed by atoms with van der Waals surface area (Å²) in [6.45, 7) is 12.4. The van der Waals surface area contributed by atoms with E-state index in [1.54, 1.807) is 18.2 Å². The fourth-order valence-corrected chi connectivity index (χ4v) is 2.49. The maximum atomic E-state index is 13.2. The summed E-state index contributed by atoms with van der Waals surface area (Å²) >= 11 is 0. The van der Waals surface area contributed by atoms with Crippen molar-refractivity contribution in [1.29, 1.82) is 0 Å². The van der Waals surface area contributed by atoms with Crippen LogP contribution in [0.4, 0.5) is 10.2 Å². The van der Waals surface area contributed by atoms with Crippen LogP contribution in [-0.4, -0.2) is 11.5 Å². The highest BCUT2D eigenvalue weighted by molar-refractivity contribution is 5.76. The van der Waals surface area contributed by atoms with Gasteiger partial charge in [-0.1, -0.05) is 37.4 Å². The van der Waals surface area contributed by atoms with E-state index < -0.39 is 0 Å². The molecule has 2 aromatic rings. The van der Waals surface area contributed by atoms with Gasteiger partial charge in [0.1, 0.15) is 11.6 Å². The van der Waals surface area contributed by atoms with Crippen molar-refractivity contribution in [1.82, 2.24) is 4.98 Å². The van der Waals surface area contributed by atoms with Gasteiger partial charge in [0.2, 0.25) is 0 Å². The Morgan fingerprint density at radius 1 is 1.29 bits per heavy atom. The van der Waals surface area contributed by atoms with Gasteiger partial charge in [-0.25, -0.2) is 9.37 Å². The Morgan fingerprint density at radius 2 is 2.08 bits per heavy atom. The number of benzene rings is 1. The highest BCUT2D eigenvalue weighted by Gasteiger charge is 2.08. The van der Waals surface area contributed by atoms with E-state index >= 15 is 0 Å². The monoisotopic (exact) mass is 322 g/mol. The van der Waals surface area contributed by atoms with E-state index in [1.165, 1.54) is 6.07 Å². The molecule has 0 saturated carbocycles. The highest BCUT2D eigenvalue weighted by Crippen LogP contribution is 2.24. The molecule has 0 aliphatic heterocycles. The van der Waals surface area contributed by atoms with Gasteiger partial charge in [0.15, 0.2) is 0 Å². The molecule has 1 aromatic carbocycles. The minimum atomic E-state index is -0.209. The van der Waals surface area contributed by atoms with E-state index in [0.717, 1.165) is 40.2 Å². The number of hydrogen-bond donors (Lipinski definition) is 1. The molecule has 0 radical (unpaired) electrons. The van der Waals surface area contributed by atoms with E-state index in [-0.39, 0.29) is 5.82 Å². The van der Waals surface area contributed by atoms with E-state index in [4.69, 9.17) is 4.98 Å². The molecule has 0 atom stereocenters. The summed E-state index contributed by atoms with van der Waals surface area (Å²) in [5.74, 6) is 0.580. The average molecular weight is 322 g/mol. The van der Waals surface area contributed by atoms with Crippen LogP contribution >= 0.6 is 0 Å². The molecule has 1 aromatic heterocycles. The van der Waals surface area contributed by atoms with E-state index in [0.29, 0.717) is 6.54 Å². The second kappa shape index (κ2) is 8.25. The topological polar surface area (TPSA) is 24.9 Å². The van der Waals surface area contributed by atoms with Crippen LogP contribution in [0.2, 0.25) is 0 Å². The van der Waals surface area contributed by atoms with Crippen molar-refractivity contribution in [3.8, 4) is 0 Å². The number of halogens is 1. The van der Waals surface area contributed by atoms with E-state index in [1.807, 2.05) is 38.1 Å². The summed E-state index contributed by atoms with van der Waals surface area (Å²) in [5, 5.41) is 3.35. The van der Waals surface area contributed by atoms with Crippen LogP contribution in [0.1, 0.15) is 30.7 Å². The summed E-state index contributed by atoms with van der Waals surface area (Å²) < 4.78 is 13.2. The molecule has 2 nitrogen and oxygen atoms in total. The maximum Gasteiger partial charge on any atom is 0.134 e. The third-order valence-corrected chi connectivity index (χ3v) is 3.78. The molecule has 0 bridgehead atoms. The predicted molar refractivity (Wildman–Crippen MR) is 101 cm³/mol. The first-order valence-electron chi connectivity index (χ1n) is 7.99. The summed E-state index contributed by atoms with van der Waals surface area (Å²) in [4.78, 5) is 4.70. The number of rotatable bonds is 7. The number of anilines is 1. The first-order chi connectivity index (χ1) is 11.5.